The molecule has 0 saturated heterocycles. The largest absolute Gasteiger partial charge is 0.0654 e. The van der Waals surface area contributed by atoms with Gasteiger partial charge in [-0.3, -0.25) is 0 Å². The molecule has 0 spiro atoms. The van der Waals surface area contributed by atoms with Crippen LogP contribution in [0.2, 0.25) is 0 Å². The molecule has 0 fully saturated rings. The lowest BCUT2D eigenvalue weighted by molar-refractivity contribution is 0.427. The Morgan fingerprint density at radius 1 is 0.209 bits per heavy atom. The van der Waals surface area contributed by atoms with Gasteiger partial charge >= 0.3 is 0 Å². The monoisotopic (exact) mass is 605 g/mol. The quantitative estimate of drug-likeness (QED) is 0.0615. The fourth-order valence-electron chi connectivity index (χ4n) is 7.17. The molecule has 2 unspecified atom stereocenters. The van der Waals surface area contributed by atoms with Crippen molar-refractivity contribution in [2.75, 3.05) is 0 Å². The van der Waals surface area contributed by atoms with Gasteiger partial charge in [0.15, 0.2) is 0 Å². The van der Waals surface area contributed by atoms with Crippen molar-refractivity contribution in [1.29, 1.82) is 0 Å². The van der Waals surface area contributed by atoms with E-state index in [0.29, 0.717) is 0 Å². The van der Waals surface area contributed by atoms with E-state index in [1.165, 1.54) is 238 Å². The Morgan fingerprint density at radius 3 is 0.581 bits per heavy atom. The summed E-state index contributed by atoms with van der Waals surface area (Å²) in [7, 11) is 0. The molecule has 0 aromatic rings. The predicted molar refractivity (Wildman–Crippen MR) is 201 cm³/mol. The van der Waals surface area contributed by atoms with E-state index in [9.17, 15) is 0 Å². The van der Waals surface area contributed by atoms with E-state index in [4.69, 9.17) is 0 Å². The molecule has 0 nitrogen and oxygen atoms in total. The Bertz CT molecular complexity index is 467. The second kappa shape index (κ2) is 38.2. The van der Waals surface area contributed by atoms with Gasteiger partial charge in [0.25, 0.3) is 0 Å². The third-order valence-corrected chi connectivity index (χ3v) is 10.5. The van der Waals surface area contributed by atoms with Gasteiger partial charge in [-0.25, -0.2) is 0 Å². The second-order valence-electron chi connectivity index (χ2n) is 15.3. The molecule has 0 amide bonds. The highest BCUT2D eigenvalue weighted by molar-refractivity contribution is 4.58. The summed E-state index contributed by atoms with van der Waals surface area (Å²) in [5.74, 6) is 1.93. The second-order valence-corrected chi connectivity index (χ2v) is 15.3. The van der Waals surface area contributed by atoms with Crippen molar-refractivity contribution in [3.63, 3.8) is 0 Å². The molecule has 0 aliphatic rings. The van der Waals surface area contributed by atoms with Crippen LogP contribution in [0.25, 0.3) is 0 Å². The third kappa shape index (κ3) is 38.1. The molecule has 2 atom stereocenters. The minimum Gasteiger partial charge on any atom is -0.0654 e. The zero-order valence-electron chi connectivity index (χ0n) is 31.3. The van der Waals surface area contributed by atoms with Crippen LogP contribution in [0, 0.1) is 11.8 Å². The van der Waals surface area contributed by atoms with Crippen molar-refractivity contribution < 1.29 is 0 Å². The minimum atomic E-state index is 0.963. The molecule has 0 aliphatic heterocycles. The summed E-state index contributed by atoms with van der Waals surface area (Å²) < 4.78 is 0. The number of rotatable bonds is 38. The molecule has 0 rings (SSSR count). The van der Waals surface area contributed by atoms with Crippen LogP contribution in [0.5, 0.6) is 0 Å². The zero-order chi connectivity index (χ0) is 31.3. The highest BCUT2D eigenvalue weighted by Gasteiger charge is 2.03. The standard InChI is InChI=1S/C43H88/c1-5-7-9-10-11-12-13-14-15-16-17-18-19-20-21-22-23-24-26-29-33-36-40-43(4)41-37-34-31-28-25-27-30-32-35-39-42(3)38-8-6-2/h42-43H,5-41H2,1-4H3. The predicted octanol–water partition coefficient (Wildman–Crippen LogP) is 16.7. The smallest absolute Gasteiger partial charge is 0.0443 e. The first-order chi connectivity index (χ1) is 21.2. The van der Waals surface area contributed by atoms with Gasteiger partial charge in [-0.2, -0.15) is 0 Å². The summed E-state index contributed by atoms with van der Waals surface area (Å²) in [5.41, 5.74) is 0. The fraction of sp³-hybridized carbons (Fsp3) is 1.00. The Hall–Kier alpha value is 0. The molecule has 0 aromatic heterocycles. The van der Waals surface area contributed by atoms with Crippen LogP contribution in [0.15, 0.2) is 0 Å². The molecule has 0 radical (unpaired) electrons. The maximum Gasteiger partial charge on any atom is -0.0443 e. The van der Waals surface area contributed by atoms with Gasteiger partial charge in [0.05, 0.1) is 0 Å². The summed E-state index contributed by atoms with van der Waals surface area (Å²) >= 11 is 0. The maximum absolute atomic E-state index is 2.51. The maximum atomic E-state index is 2.51. The van der Waals surface area contributed by atoms with Crippen LogP contribution >= 0.6 is 0 Å². The van der Waals surface area contributed by atoms with Gasteiger partial charge in [0, 0.05) is 0 Å². The summed E-state index contributed by atoms with van der Waals surface area (Å²) in [6.45, 7) is 9.60. The topological polar surface area (TPSA) is 0 Å². The van der Waals surface area contributed by atoms with Crippen molar-refractivity contribution in [2.45, 2.75) is 265 Å². The van der Waals surface area contributed by atoms with Gasteiger partial charge in [-0.1, -0.05) is 265 Å². The average molecular weight is 605 g/mol. The average Bonchev–Trinajstić information content (AvgIpc) is 3.01. The van der Waals surface area contributed by atoms with E-state index in [-0.39, 0.29) is 0 Å². The van der Waals surface area contributed by atoms with E-state index >= 15 is 0 Å². The summed E-state index contributed by atoms with van der Waals surface area (Å²) in [5, 5.41) is 0. The van der Waals surface area contributed by atoms with Gasteiger partial charge in [0.1, 0.15) is 0 Å². The molecule has 260 valence electrons. The molecular weight excluding hydrogens is 516 g/mol. The molecule has 0 saturated carbocycles. The van der Waals surface area contributed by atoms with Crippen LogP contribution < -0.4 is 0 Å². The van der Waals surface area contributed by atoms with Crippen LogP contribution in [0.1, 0.15) is 265 Å². The Kier molecular flexibility index (Phi) is 38.2. The van der Waals surface area contributed by atoms with Gasteiger partial charge in [0.2, 0.25) is 0 Å². The lowest BCUT2D eigenvalue weighted by atomic mass is 9.95. The molecule has 0 bridgehead atoms. The molecule has 0 aromatic carbocycles. The van der Waals surface area contributed by atoms with Crippen LogP contribution in [0.4, 0.5) is 0 Å². The highest BCUT2D eigenvalue weighted by Crippen LogP contribution is 2.20. The van der Waals surface area contributed by atoms with Crippen molar-refractivity contribution >= 4 is 0 Å². The van der Waals surface area contributed by atoms with E-state index < -0.39 is 0 Å². The third-order valence-electron chi connectivity index (χ3n) is 10.5. The van der Waals surface area contributed by atoms with Crippen molar-refractivity contribution in [2.24, 2.45) is 11.8 Å². The Morgan fingerprint density at radius 2 is 0.372 bits per heavy atom. The van der Waals surface area contributed by atoms with Crippen molar-refractivity contribution in [1.82, 2.24) is 0 Å². The Labute approximate surface area is 276 Å². The lowest BCUT2D eigenvalue weighted by Gasteiger charge is -2.11. The van der Waals surface area contributed by atoms with Crippen LogP contribution in [-0.4, -0.2) is 0 Å². The van der Waals surface area contributed by atoms with Crippen LogP contribution in [0.3, 0.4) is 0 Å². The van der Waals surface area contributed by atoms with Crippen LogP contribution in [-0.2, 0) is 0 Å². The van der Waals surface area contributed by atoms with Gasteiger partial charge < -0.3 is 0 Å². The molecular formula is C43H88. The summed E-state index contributed by atoms with van der Waals surface area (Å²) in [6.07, 6.45) is 54.6. The highest BCUT2D eigenvalue weighted by atomic mass is 14.1. The SMILES string of the molecule is CCCCCCCCCCCCCCCCCCCCCCCCC(C)CCCCCCCCCCCC(C)CCCC. The van der Waals surface area contributed by atoms with E-state index in [1.807, 2.05) is 0 Å². The Balaban J connectivity index is 3.16. The lowest BCUT2D eigenvalue weighted by Crippen LogP contribution is -1.95. The number of hydrogen-bond acceptors (Lipinski definition) is 0. The first kappa shape index (κ1) is 43.0. The molecule has 0 heteroatoms. The fourth-order valence-corrected chi connectivity index (χ4v) is 7.17. The first-order valence-electron chi connectivity index (χ1n) is 21.2. The first-order valence-corrected chi connectivity index (χ1v) is 21.2. The zero-order valence-corrected chi connectivity index (χ0v) is 31.3. The van der Waals surface area contributed by atoms with E-state index in [2.05, 4.69) is 27.7 Å². The van der Waals surface area contributed by atoms with Gasteiger partial charge in [-0.15, -0.1) is 0 Å². The molecule has 0 N–H and O–H groups in total. The molecule has 0 aliphatic carbocycles. The molecule has 0 heterocycles. The van der Waals surface area contributed by atoms with Crippen molar-refractivity contribution in [3.8, 4) is 0 Å². The van der Waals surface area contributed by atoms with E-state index in [1.54, 1.807) is 0 Å². The minimum absolute atomic E-state index is 0.963. The summed E-state index contributed by atoms with van der Waals surface area (Å²) in [4.78, 5) is 0. The number of hydrogen-bond donors (Lipinski definition) is 0. The molecule has 43 heavy (non-hydrogen) atoms. The number of unbranched alkanes of at least 4 members (excludes halogenated alkanes) is 30. The van der Waals surface area contributed by atoms with Gasteiger partial charge in [-0.05, 0) is 11.8 Å². The van der Waals surface area contributed by atoms with E-state index in [0.717, 1.165) is 11.8 Å². The normalized spacial score (nSPS) is 13.1. The van der Waals surface area contributed by atoms with Crippen molar-refractivity contribution in [3.05, 3.63) is 0 Å². The summed E-state index contributed by atoms with van der Waals surface area (Å²) in [6, 6.07) is 0.